The lowest BCUT2D eigenvalue weighted by Gasteiger charge is -2.18. The molecule has 2 aromatic heterocycles. The third-order valence-corrected chi connectivity index (χ3v) is 5.32. The van der Waals surface area contributed by atoms with Gasteiger partial charge >= 0.3 is 0 Å². The van der Waals surface area contributed by atoms with E-state index in [0.29, 0.717) is 17.1 Å². The van der Waals surface area contributed by atoms with Crippen LogP contribution in [0, 0.1) is 6.92 Å². The molecule has 0 aliphatic carbocycles. The van der Waals surface area contributed by atoms with Crippen molar-refractivity contribution in [3.63, 3.8) is 0 Å². The van der Waals surface area contributed by atoms with E-state index in [-0.39, 0.29) is 17.4 Å². The van der Waals surface area contributed by atoms with Crippen LogP contribution in [0.5, 0.6) is 0 Å². The van der Waals surface area contributed by atoms with Gasteiger partial charge in [-0.1, -0.05) is 50.6 Å². The van der Waals surface area contributed by atoms with Gasteiger partial charge in [0.25, 0.3) is 5.91 Å². The Kier molecular flexibility index (Phi) is 6.00. The molecule has 0 saturated carbocycles. The van der Waals surface area contributed by atoms with Crippen molar-refractivity contribution in [1.82, 2.24) is 35.5 Å². The molecule has 0 fully saturated rings. The fraction of sp³-hybridized carbons (Fsp3) is 0.280. The van der Waals surface area contributed by atoms with Gasteiger partial charge in [-0.3, -0.25) is 14.8 Å². The van der Waals surface area contributed by atoms with Crippen molar-refractivity contribution in [2.75, 3.05) is 0 Å². The van der Waals surface area contributed by atoms with Crippen molar-refractivity contribution in [2.24, 2.45) is 0 Å². The summed E-state index contributed by atoms with van der Waals surface area (Å²) in [5.74, 6) is 0.497. The Labute approximate surface area is 193 Å². The Morgan fingerprint density at radius 3 is 2.45 bits per heavy atom. The maximum atomic E-state index is 13.2. The van der Waals surface area contributed by atoms with Crippen molar-refractivity contribution < 1.29 is 4.79 Å². The Balaban J connectivity index is 1.77. The Bertz CT molecular complexity index is 1260. The van der Waals surface area contributed by atoms with Gasteiger partial charge in [0.15, 0.2) is 5.82 Å². The first kappa shape index (κ1) is 22.3. The average molecular weight is 442 g/mol. The van der Waals surface area contributed by atoms with E-state index >= 15 is 0 Å². The van der Waals surface area contributed by atoms with Crippen molar-refractivity contribution in [3.8, 4) is 16.8 Å². The van der Waals surface area contributed by atoms with Crippen LogP contribution in [0.1, 0.15) is 61.2 Å². The van der Waals surface area contributed by atoms with Crippen LogP contribution in [-0.2, 0) is 5.41 Å². The third-order valence-electron chi connectivity index (χ3n) is 5.32. The molecule has 2 aromatic carbocycles. The standard InChI is InChI=1S/C25H27N7O/c1-16-6-8-18(9-7-16)19-12-20(23(33)28-17(2)22-15-26-10-11-27-22)14-21(13-19)32-24(25(3,4)5)29-30-31-32/h6-15,17H,1-5H3,(H,28,33). The second-order valence-electron chi connectivity index (χ2n) is 9.12. The van der Waals surface area contributed by atoms with Crippen molar-refractivity contribution in [1.29, 1.82) is 0 Å². The van der Waals surface area contributed by atoms with E-state index in [1.54, 1.807) is 23.3 Å². The minimum absolute atomic E-state index is 0.214. The number of benzene rings is 2. The molecule has 1 amide bonds. The summed E-state index contributed by atoms with van der Waals surface area (Å²) in [5, 5.41) is 15.3. The largest absolute Gasteiger partial charge is 0.344 e. The van der Waals surface area contributed by atoms with E-state index < -0.39 is 0 Å². The van der Waals surface area contributed by atoms with Gasteiger partial charge in [-0.2, -0.15) is 4.68 Å². The van der Waals surface area contributed by atoms with E-state index in [1.807, 2.05) is 44.2 Å². The highest BCUT2D eigenvalue weighted by atomic mass is 16.1. The summed E-state index contributed by atoms with van der Waals surface area (Å²) in [6, 6.07) is 13.6. The van der Waals surface area contributed by atoms with Crippen LogP contribution in [0.4, 0.5) is 0 Å². The van der Waals surface area contributed by atoms with Crippen LogP contribution in [0.15, 0.2) is 61.1 Å². The minimum Gasteiger partial charge on any atom is -0.344 e. The SMILES string of the molecule is Cc1ccc(-c2cc(C(=O)NC(C)c3cnccn3)cc(-n3nnnc3C(C)(C)C)c2)cc1. The molecular formula is C25H27N7O. The predicted molar refractivity (Wildman–Crippen MR) is 126 cm³/mol. The monoisotopic (exact) mass is 441 g/mol. The smallest absolute Gasteiger partial charge is 0.251 e. The number of amides is 1. The number of carbonyl (C=O) groups is 1. The number of nitrogens with one attached hydrogen (secondary N) is 1. The highest BCUT2D eigenvalue weighted by molar-refractivity contribution is 5.96. The molecule has 33 heavy (non-hydrogen) atoms. The number of rotatable bonds is 5. The summed E-state index contributed by atoms with van der Waals surface area (Å²) in [4.78, 5) is 21.6. The lowest BCUT2D eigenvalue weighted by Crippen LogP contribution is -2.27. The summed E-state index contributed by atoms with van der Waals surface area (Å²) in [6.07, 6.45) is 4.87. The van der Waals surface area contributed by atoms with E-state index in [9.17, 15) is 4.79 Å². The van der Waals surface area contributed by atoms with Gasteiger partial charge in [0, 0.05) is 23.4 Å². The molecule has 0 aliphatic rings. The van der Waals surface area contributed by atoms with Crippen molar-refractivity contribution >= 4 is 5.91 Å². The highest BCUT2D eigenvalue weighted by Crippen LogP contribution is 2.28. The van der Waals surface area contributed by atoms with E-state index in [0.717, 1.165) is 16.8 Å². The van der Waals surface area contributed by atoms with E-state index in [2.05, 4.69) is 63.7 Å². The zero-order chi connectivity index (χ0) is 23.6. The first-order chi connectivity index (χ1) is 15.7. The van der Waals surface area contributed by atoms with E-state index in [1.165, 1.54) is 5.56 Å². The second-order valence-corrected chi connectivity index (χ2v) is 9.12. The Morgan fingerprint density at radius 2 is 1.79 bits per heavy atom. The number of aromatic nitrogens is 6. The van der Waals surface area contributed by atoms with Crippen molar-refractivity contribution in [2.45, 2.75) is 46.1 Å². The number of hydrogen-bond donors (Lipinski definition) is 1. The Hall–Kier alpha value is -3.94. The molecule has 0 radical (unpaired) electrons. The molecule has 168 valence electrons. The molecule has 8 heteroatoms. The highest BCUT2D eigenvalue weighted by Gasteiger charge is 2.24. The molecule has 1 N–H and O–H groups in total. The number of aryl methyl sites for hydroxylation is 1. The molecule has 0 spiro atoms. The van der Waals surface area contributed by atoms with Crippen molar-refractivity contribution in [3.05, 3.63) is 83.7 Å². The van der Waals surface area contributed by atoms with Gasteiger partial charge in [0.1, 0.15) is 0 Å². The molecule has 4 aromatic rings. The molecule has 2 heterocycles. The van der Waals surface area contributed by atoms with Crippen LogP contribution >= 0.6 is 0 Å². The first-order valence-corrected chi connectivity index (χ1v) is 10.8. The summed E-state index contributed by atoms with van der Waals surface area (Å²) in [5.41, 5.74) is 4.72. The summed E-state index contributed by atoms with van der Waals surface area (Å²) in [7, 11) is 0. The van der Waals surface area contributed by atoms with Crippen LogP contribution < -0.4 is 5.32 Å². The quantitative estimate of drug-likeness (QED) is 0.498. The maximum Gasteiger partial charge on any atom is 0.251 e. The molecule has 1 atom stereocenters. The van der Waals surface area contributed by atoms with E-state index in [4.69, 9.17) is 0 Å². The zero-order valence-electron chi connectivity index (χ0n) is 19.4. The molecule has 4 rings (SSSR count). The summed E-state index contributed by atoms with van der Waals surface area (Å²) in [6.45, 7) is 10.1. The topological polar surface area (TPSA) is 98.5 Å². The lowest BCUT2D eigenvalue weighted by atomic mass is 9.95. The Morgan fingerprint density at radius 1 is 1.03 bits per heavy atom. The molecule has 0 aliphatic heterocycles. The summed E-state index contributed by atoms with van der Waals surface area (Å²) < 4.78 is 1.70. The van der Waals surface area contributed by atoms with Gasteiger partial charge < -0.3 is 5.32 Å². The molecular weight excluding hydrogens is 414 g/mol. The molecule has 0 bridgehead atoms. The van der Waals surface area contributed by atoms with Gasteiger partial charge in [-0.15, -0.1) is 5.10 Å². The molecule has 8 nitrogen and oxygen atoms in total. The van der Waals surface area contributed by atoms with Crippen LogP contribution in [0.25, 0.3) is 16.8 Å². The normalized spacial score (nSPS) is 12.4. The number of carbonyl (C=O) groups excluding carboxylic acids is 1. The third kappa shape index (κ3) is 4.95. The van der Waals surface area contributed by atoms with Gasteiger partial charge in [-0.05, 0) is 53.6 Å². The van der Waals surface area contributed by atoms with Gasteiger partial charge in [0.05, 0.1) is 23.6 Å². The first-order valence-electron chi connectivity index (χ1n) is 10.8. The fourth-order valence-corrected chi connectivity index (χ4v) is 3.49. The molecule has 0 saturated heterocycles. The predicted octanol–water partition coefficient (Wildman–Crippen LogP) is 4.22. The maximum absolute atomic E-state index is 13.2. The van der Waals surface area contributed by atoms with Crippen LogP contribution in [-0.4, -0.2) is 36.1 Å². The number of hydrogen-bond acceptors (Lipinski definition) is 6. The number of nitrogens with zero attached hydrogens (tertiary/aromatic N) is 6. The van der Waals surface area contributed by atoms with Crippen LogP contribution in [0.2, 0.25) is 0 Å². The second kappa shape index (κ2) is 8.90. The van der Waals surface area contributed by atoms with Crippen LogP contribution in [0.3, 0.4) is 0 Å². The fourth-order valence-electron chi connectivity index (χ4n) is 3.49. The average Bonchev–Trinajstić information content (AvgIpc) is 3.31. The lowest BCUT2D eigenvalue weighted by molar-refractivity contribution is 0.0939. The zero-order valence-corrected chi connectivity index (χ0v) is 19.4. The summed E-state index contributed by atoms with van der Waals surface area (Å²) >= 11 is 0. The number of tetrazole rings is 1. The molecule has 1 unspecified atom stereocenters. The van der Waals surface area contributed by atoms with Gasteiger partial charge in [-0.25, -0.2) is 0 Å². The minimum atomic E-state index is -0.296. The van der Waals surface area contributed by atoms with Gasteiger partial charge in [0.2, 0.25) is 0 Å².